The fraction of sp³-hybridized carbons (Fsp3) is 0.0526. The van der Waals surface area contributed by atoms with Gasteiger partial charge >= 0.3 is 6.18 Å². The van der Waals surface area contributed by atoms with Crippen LogP contribution in [0.15, 0.2) is 67.1 Å². The van der Waals surface area contributed by atoms with Crippen LogP contribution in [-0.4, -0.2) is 19.5 Å². The van der Waals surface area contributed by atoms with Crippen molar-refractivity contribution in [2.45, 2.75) is 6.18 Å². The van der Waals surface area contributed by atoms with E-state index >= 15 is 0 Å². The molecule has 0 amide bonds. The van der Waals surface area contributed by atoms with Crippen LogP contribution in [0.25, 0.3) is 16.9 Å². The molecular formula is C19H13F3N4O. The number of phenols is 1. The largest absolute Gasteiger partial charge is 0.507 e. The first-order valence-electron chi connectivity index (χ1n) is 7.98. The van der Waals surface area contributed by atoms with E-state index in [2.05, 4.69) is 15.3 Å². The van der Waals surface area contributed by atoms with Crippen molar-refractivity contribution in [2.75, 3.05) is 5.32 Å². The Bertz CT molecular complexity index is 1120. The highest BCUT2D eigenvalue weighted by molar-refractivity contribution is 5.82. The number of hydrogen-bond acceptors (Lipinski definition) is 4. The second-order valence-electron chi connectivity index (χ2n) is 5.83. The third-order valence-electron chi connectivity index (χ3n) is 4.04. The highest BCUT2D eigenvalue weighted by Crippen LogP contribution is 2.37. The summed E-state index contributed by atoms with van der Waals surface area (Å²) in [5.74, 6) is 0.439. The molecular weight excluding hydrogens is 357 g/mol. The van der Waals surface area contributed by atoms with E-state index in [0.29, 0.717) is 22.7 Å². The molecule has 0 aliphatic heterocycles. The first-order valence-corrected chi connectivity index (χ1v) is 7.98. The van der Waals surface area contributed by atoms with Gasteiger partial charge in [-0.2, -0.15) is 13.2 Å². The van der Waals surface area contributed by atoms with E-state index in [4.69, 9.17) is 0 Å². The molecule has 0 radical (unpaired) electrons. The number of aromatic nitrogens is 3. The van der Waals surface area contributed by atoms with Gasteiger partial charge in [-0.15, -0.1) is 0 Å². The third-order valence-corrected chi connectivity index (χ3v) is 4.04. The SMILES string of the molecule is Oc1ccccc1-c1nc2cnccn2c1Nc1cccc(C(F)(F)F)c1. The number of phenolic OH excluding ortho intramolecular Hbond substituents is 1. The molecule has 2 aromatic carbocycles. The number of fused-ring (bicyclic) bond motifs is 1. The topological polar surface area (TPSA) is 62.5 Å². The molecule has 0 atom stereocenters. The molecule has 2 aromatic heterocycles. The molecule has 136 valence electrons. The van der Waals surface area contributed by atoms with Gasteiger partial charge in [0, 0.05) is 23.6 Å². The summed E-state index contributed by atoms with van der Waals surface area (Å²) in [6.07, 6.45) is 0.269. The van der Waals surface area contributed by atoms with Gasteiger partial charge in [-0.05, 0) is 30.3 Å². The van der Waals surface area contributed by atoms with Crippen LogP contribution in [0.5, 0.6) is 5.75 Å². The van der Waals surface area contributed by atoms with E-state index in [1.54, 1.807) is 35.0 Å². The van der Waals surface area contributed by atoms with E-state index in [1.165, 1.54) is 24.4 Å². The van der Waals surface area contributed by atoms with Crippen molar-refractivity contribution in [1.82, 2.24) is 14.4 Å². The smallest absolute Gasteiger partial charge is 0.416 e. The fourth-order valence-electron chi connectivity index (χ4n) is 2.80. The van der Waals surface area contributed by atoms with Crippen molar-refractivity contribution < 1.29 is 18.3 Å². The number of halogens is 3. The van der Waals surface area contributed by atoms with Crippen LogP contribution in [0.3, 0.4) is 0 Å². The lowest BCUT2D eigenvalue weighted by atomic mass is 10.1. The van der Waals surface area contributed by atoms with Gasteiger partial charge in [0.25, 0.3) is 0 Å². The maximum absolute atomic E-state index is 13.0. The second kappa shape index (κ2) is 6.31. The zero-order chi connectivity index (χ0) is 19.0. The summed E-state index contributed by atoms with van der Waals surface area (Å²) in [4.78, 5) is 8.48. The fourth-order valence-corrected chi connectivity index (χ4v) is 2.80. The van der Waals surface area contributed by atoms with E-state index in [-0.39, 0.29) is 11.4 Å². The number of aromatic hydroxyl groups is 1. The highest BCUT2D eigenvalue weighted by Gasteiger charge is 2.30. The quantitative estimate of drug-likeness (QED) is 0.540. The van der Waals surface area contributed by atoms with E-state index in [1.807, 2.05) is 0 Å². The Morgan fingerprint density at radius 2 is 1.85 bits per heavy atom. The molecule has 4 rings (SSSR count). The van der Waals surface area contributed by atoms with Gasteiger partial charge in [0.15, 0.2) is 5.65 Å². The number of para-hydroxylation sites is 1. The van der Waals surface area contributed by atoms with Crippen molar-refractivity contribution >= 4 is 17.2 Å². The van der Waals surface area contributed by atoms with Crippen molar-refractivity contribution in [3.05, 3.63) is 72.7 Å². The Balaban J connectivity index is 1.87. The summed E-state index contributed by atoms with van der Waals surface area (Å²) in [6.45, 7) is 0. The lowest BCUT2D eigenvalue weighted by Crippen LogP contribution is -2.05. The normalized spacial score (nSPS) is 11.7. The molecule has 5 nitrogen and oxygen atoms in total. The first kappa shape index (κ1) is 16.9. The summed E-state index contributed by atoms with van der Waals surface area (Å²) < 4.78 is 40.7. The lowest BCUT2D eigenvalue weighted by molar-refractivity contribution is -0.137. The number of nitrogens with one attached hydrogen (secondary N) is 1. The van der Waals surface area contributed by atoms with Gasteiger partial charge in [-0.3, -0.25) is 9.38 Å². The van der Waals surface area contributed by atoms with E-state index < -0.39 is 11.7 Å². The molecule has 2 N–H and O–H groups in total. The summed E-state index contributed by atoms with van der Waals surface area (Å²) in [5, 5.41) is 13.2. The summed E-state index contributed by atoms with van der Waals surface area (Å²) in [5.41, 5.74) is 0.839. The highest BCUT2D eigenvalue weighted by atomic mass is 19.4. The molecule has 0 saturated carbocycles. The number of hydrogen-bond donors (Lipinski definition) is 2. The Kier molecular flexibility index (Phi) is 3.95. The van der Waals surface area contributed by atoms with Gasteiger partial charge in [-0.1, -0.05) is 18.2 Å². The minimum Gasteiger partial charge on any atom is -0.507 e. The van der Waals surface area contributed by atoms with Crippen molar-refractivity contribution in [2.24, 2.45) is 0 Å². The molecule has 0 fully saturated rings. The number of alkyl halides is 3. The van der Waals surface area contributed by atoms with Crippen LogP contribution < -0.4 is 5.32 Å². The molecule has 0 spiro atoms. The number of benzene rings is 2. The molecule has 4 aromatic rings. The van der Waals surface area contributed by atoms with Crippen LogP contribution in [0, 0.1) is 0 Å². The second-order valence-corrected chi connectivity index (χ2v) is 5.83. The summed E-state index contributed by atoms with van der Waals surface area (Å²) in [6, 6.07) is 11.5. The Labute approximate surface area is 151 Å². The average molecular weight is 370 g/mol. The number of rotatable bonds is 3. The van der Waals surface area contributed by atoms with Gasteiger partial charge < -0.3 is 10.4 Å². The predicted molar refractivity (Wildman–Crippen MR) is 94.8 cm³/mol. The maximum atomic E-state index is 13.0. The lowest BCUT2D eigenvalue weighted by Gasteiger charge is -2.12. The molecule has 0 bridgehead atoms. The summed E-state index contributed by atoms with van der Waals surface area (Å²) in [7, 11) is 0. The van der Waals surface area contributed by atoms with Gasteiger partial charge in [0.2, 0.25) is 0 Å². The van der Waals surface area contributed by atoms with E-state index in [9.17, 15) is 18.3 Å². The van der Waals surface area contributed by atoms with Crippen molar-refractivity contribution in [3.8, 4) is 17.0 Å². The van der Waals surface area contributed by atoms with Crippen molar-refractivity contribution in [1.29, 1.82) is 0 Å². The van der Waals surface area contributed by atoms with Crippen molar-refractivity contribution in [3.63, 3.8) is 0 Å². The Morgan fingerprint density at radius 3 is 2.63 bits per heavy atom. The average Bonchev–Trinajstić information content (AvgIpc) is 3.00. The molecule has 8 heteroatoms. The van der Waals surface area contributed by atoms with E-state index in [0.717, 1.165) is 12.1 Å². The van der Waals surface area contributed by atoms with Gasteiger partial charge in [0.1, 0.15) is 17.3 Å². The standard InChI is InChI=1S/C19H13F3N4O/c20-19(21,22)12-4-3-5-13(10-12)24-18-17(14-6-1-2-7-15(14)27)25-16-11-23-8-9-26(16)18/h1-11,24,27H. The van der Waals surface area contributed by atoms with Crippen LogP contribution in [0.1, 0.15) is 5.56 Å². The van der Waals surface area contributed by atoms with Gasteiger partial charge in [0.05, 0.1) is 11.8 Å². The maximum Gasteiger partial charge on any atom is 0.416 e. The number of anilines is 2. The van der Waals surface area contributed by atoms with Crippen LogP contribution >= 0.6 is 0 Å². The van der Waals surface area contributed by atoms with Crippen LogP contribution in [0.2, 0.25) is 0 Å². The molecule has 2 heterocycles. The number of nitrogens with zero attached hydrogens (tertiary/aromatic N) is 3. The minimum absolute atomic E-state index is 0.0148. The van der Waals surface area contributed by atoms with Crippen LogP contribution in [0.4, 0.5) is 24.7 Å². The molecule has 0 unspecified atom stereocenters. The molecule has 27 heavy (non-hydrogen) atoms. The summed E-state index contributed by atoms with van der Waals surface area (Å²) >= 11 is 0. The minimum atomic E-state index is -4.44. The monoisotopic (exact) mass is 370 g/mol. The molecule has 0 aliphatic carbocycles. The first-order chi connectivity index (χ1) is 12.9. The predicted octanol–water partition coefficient (Wildman–Crippen LogP) is 4.86. The number of imidazole rings is 1. The van der Waals surface area contributed by atoms with Gasteiger partial charge in [-0.25, -0.2) is 4.98 Å². The van der Waals surface area contributed by atoms with Crippen LogP contribution in [-0.2, 0) is 6.18 Å². The Morgan fingerprint density at radius 1 is 1.04 bits per heavy atom. The molecule has 0 aliphatic rings. The zero-order valence-electron chi connectivity index (χ0n) is 13.8. The third kappa shape index (κ3) is 3.17. The zero-order valence-corrected chi connectivity index (χ0v) is 13.8. The molecule has 0 saturated heterocycles. The Hall–Kier alpha value is -3.55.